The van der Waals surface area contributed by atoms with Crippen LogP contribution in [-0.4, -0.2) is 24.5 Å². The van der Waals surface area contributed by atoms with Crippen molar-refractivity contribution in [1.82, 2.24) is 20.0 Å². The standard InChI is InChI=1S/C10H5F3N4OS2/c11-6-1-4(20-18)2-7-5(6)3-14-17(7)10-16-15-9(19-10)8(12)13/h1-3,8,18H. The summed E-state index contributed by atoms with van der Waals surface area (Å²) in [5, 5.41) is 10.8. The van der Waals surface area contributed by atoms with Crippen molar-refractivity contribution >= 4 is 34.3 Å². The Morgan fingerprint density at radius 2 is 2.10 bits per heavy atom. The average Bonchev–Trinajstić information content (AvgIpc) is 3.04. The first-order valence-electron chi connectivity index (χ1n) is 5.21. The monoisotopic (exact) mass is 318 g/mol. The van der Waals surface area contributed by atoms with Crippen molar-refractivity contribution in [1.29, 1.82) is 0 Å². The normalized spacial score (nSPS) is 11.7. The molecular weight excluding hydrogens is 313 g/mol. The summed E-state index contributed by atoms with van der Waals surface area (Å²) < 4.78 is 49.0. The second-order valence-corrected chi connectivity index (χ2v) is 5.35. The number of hydrogen-bond acceptors (Lipinski definition) is 6. The summed E-state index contributed by atoms with van der Waals surface area (Å²) in [6.45, 7) is 0. The molecule has 0 fully saturated rings. The van der Waals surface area contributed by atoms with E-state index in [1.165, 1.54) is 16.9 Å². The van der Waals surface area contributed by atoms with Crippen molar-refractivity contribution in [3.8, 4) is 5.13 Å². The van der Waals surface area contributed by atoms with Gasteiger partial charge in [-0.1, -0.05) is 11.3 Å². The molecule has 3 rings (SSSR count). The second kappa shape index (κ2) is 5.04. The molecule has 10 heteroatoms. The molecule has 0 aliphatic carbocycles. The maximum atomic E-state index is 13.8. The first kappa shape index (κ1) is 13.3. The first-order valence-corrected chi connectivity index (χ1v) is 6.79. The van der Waals surface area contributed by atoms with Gasteiger partial charge in [0.25, 0.3) is 6.43 Å². The summed E-state index contributed by atoms with van der Waals surface area (Å²) in [7, 11) is 0. The molecule has 0 radical (unpaired) electrons. The number of benzene rings is 1. The first-order chi connectivity index (χ1) is 9.60. The predicted octanol–water partition coefficient (Wildman–Crippen LogP) is 3.52. The van der Waals surface area contributed by atoms with Gasteiger partial charge in [0.05, 0.1) is 17.1 Å². The van der Waals surface area contributed by atoms with Crippen LogP contribution in [0.1, 0.15) is 11.4 Å². The summed E-state index contributed by atoms with van der Waals surface area (Å²) in [4.78, 5) is 0.273. The molecule has 0 unspecified atom stereocenters. The van der Waals surface area contributed by atoms with Crippen LogP contribution in [0.5, 0.6) is 0 Å². The largest absolute Gasteiger partial charge is 0.325 e. The van der Waals surface area contributed by atoms with E-state index in [9.17, 15) is 13.2 Å². The van der Waals surface area contributed by atoms with Crippen LogP contribution in [-0.2, 0) is 0 Å². The van der Waals surface area contributed by atoms with Gasteiger partial charge in [0.15, 0.2) is 5.01 Å². The fourth-order valence-corrected chi connectivity index (χ4v) is 2.66. The lowest BCUT2D eigenvalue weighted by atomic mass is 10.2. The fourth-order valence-electron chi connectivity index (χ4n) is 1.67. The summed E-state index contributed by atoms with van der Waals surface area (Å²) in [5.74, 6) is -0.566. The van der Waals surface area contributed by atoms with Crippen molar-refractivity contribution in [3.63, 3.8) is 0 Å². The van der Waals surface area contributed by atoms with Crippen LogP contribution in [0.3, 0.4) is 0 Å². The highest BCUT2D eigenvalue weighted by Gasteiger charge is 2.18. The highest BCUT2D eigenvalue weighted by atomic mass is 32.2. The minimum atomic E-state index is -2.72. The molecule has 0 saturated carbocycles. The number of fused-ring (bicyclic) bond motifs is 1. The van der Waals surface area contributed by atoms with Crippen LogP contribution in [0.15, 0.2) is 23.2 Å². The van der Waals surface area contributed by atoms with Gasteiger partial charge in [0.1, 0.15) is 5.82 Å². The number of alkyl halides is 2. The highest BCUT2D eigenvalue weighted by Crippen LogP contribution is 2.29. The van der Waals surface area contributed by atoms with Gasteiger partial charge in [-0.05, 0) is 12.1 Å². The van der Waals surface area contributed by atoms with E-state index in [4.69, 9.17) is 4.55 Å². The van der Waals surface area contributed by atoms with Gasteiger partial charge in [0.2, 0.25) is 5.13 Å². The Hall–Kier alpha value is -1.65. The zero-order valence-corrected chi connectivity index (χ0v) is 11.1. The maximum Gasteiger partial charge on any atom is 0.291 e. The zero-order valence-electron chi connectivity index (χ0n) is 9.50. The van der Waals surface area contributed by atoms with Gasteiger partial charge in [-0.25, -0.2) is 17.9 Å². The molecule has 20 heavy (non-hydrogen) atoms. The van der Waals surface area contributed by atoms with Crippen molar-refractivity contribution in [2.45, 2.75) is 11.3 Å². The molecule has 0 aliphatic heterocycles. The van der Waals surface area contributed by atoms with Crippen molar-refractivity contribution in [2.75, 3.05) is 0 Å². The van der Waals surface area contributed by atoms with Gasteiger partial charge in [-0.2, -0.15) is 5.10 Å². The maximum absolute atomic E-state index is 13.8. The zero-order chi connectivity index (χ0) is 14.3. The van der Waals surface area contributed by atoms with E-state index in [1.54, 1.807) is 0 Å². The SMILES string of the molecule is OSc1cc(F)c2cnn(-c3nnc(C(F)F)s3)c2c1. The Kier molecular flexibility index (Phi) is 3.36. The second-order valence-electron chi connectivity index (χ2n) is 3.71. The molecule has 2 aromatic heterocycles. The Balaban J connectivity index is 2.17. The van der Waals surface area contributed by atoms with Gasteiger partial charge < -0.3 is 4.55 Å². The third-order valence-corrected chi connectivity index (χ3v) is 3.87. The quantitative estimate of drug-likeness (QED) is 0.749. The average molecular weight is 318 g/mol. The van der Waals surface area contributed by atoms with Gasteiger partial charge in [0, 0.05) is 16.9 Å². The fraction of sp³-hybridized carbons (Fsp3) is 0.100. The molecule has 0 aliphatic rings. The summed E-state index contributed by atoms with van der Waals surface area (Å²) in [5.41, 5.74) is 0.318. The Bertz CT molecular complexity index is 773. The van der Waals surface area contributed by atoms with E-state index in [-0.39, 0.29) is 15.4 Å². The topological polar surface area (TPSA) is 63.8 Å². The van der Waals surface area contributed by atoms with Crippen LogP contribution in [0.4, 0.5) is 13.2 Å². The molecule has 0 atom stereocenters. The molecule has 3 aromatic rings. The van der Waals surface area contributed by atoms with Crippen molar-refractivity contribution in [3.05, 3.63) is 29.2 Å². The molecule has 0 spiro atoms. The number of hydrogen-bond donors (Lipinski definition) is 1. The number of nitrogens with zero attached hydrogens (tertiary/aromatic N) is 4. The van der Waals surface area contributed by atoms with E-state index in [1.807, 2.05) is 0 Å². The van der Waals surface area contributed by atoms with Crippen molar-refractivity contribution in [2.24, 2.45) is 0 Å². The van der Waals surface area contributed by atoms with Gasteiger partial charge in [-0.3, -0.25) is 0 Å². The number of aromatic nitrogens is 4. The molecule has 1 N–H and O–H groups in total. The van der Waals surface area contributed by atoms with E-state index in [0.717, 1.165) is 6.07 Å². The molecule has 0 amide bonds. The van der Waals surface area contributed by atoms with E-state index in [2.05, 4.69) is 15.3 Å². The summed E-state index contributed by atoms with van der Waals surface area (Å²) in [6, 6.07) is 2.64. The number of halogens is 3. The van der Waals surface area contributed by atoms with E-state index in [0.29, 0.717) is 28.9 Å². The molecule has 0 bridgehead atoms. The van der Waals surface area contributed by atoms with Gasteiger partial charge >= 0.3 is 0 Å². The van der Waals surface area contributed by atoms with E-state index < -0.39 is 17.3 Å². The highest BCUT2D eigenvalue weighted by molar-refractivity contribution is 7.93. The number of rotatable bonds is 3. The Morgan fingerprint density at radius 3 is 2.75 bits per heavy atom. The Morgan fingerprint density at radius 1 is 1.30 bits per heavy atom. The van der Waals surface area contributed by atoms with Crippen LogP contribution in [0.2, 0.25) is 0 Å². The van der Waals surface area contributed by atoms with Crippen LogP contribution >= 0.6 is 23.4 Å². The minimum absolute atomic E-state index is 0.106. The smallest absolute Gasteiger partial charge is 0.291 e. The molecule has 104 valence electrons. The van der Waals surface area contributed by atoms with Gasteiger partial charge in [-0.15, -0.1) is 10.2 Å². The molecule has 1 aromatic carbocycles. The lowest BCUT2D eigenvalue weighted by molar-refractivity contribution is 0.150. The molecular formula is C10H5F3N4OS2. The third kappa shape index (κ3) is 2.15. The minimum Gasteiger partial charge on any atom is -0.325 e. The van der Waals surface area contributed by atoms with E-state index >= 15 is 0 Å². The Labute approximate surface area is 118 Å². The molecule has 0 saturated heterocycles. The van der Waals surface area contributed by atoms with Crippen molar-refractivity contribution < 1.29 is 17.7 Å². The van der Waals surface area contributed by atoms with Crippen LogP contribution < -0.4 is 0 Å². The summed E-state index contributed by atoms with van der Waals surface area (Å²) >= 11 is 1.05. The summed E-state index contributed by atoms with van der Waals surface area (Å²) in [6.07, 6.45) is -1.46. The van der Waals surface area contributed by atoms with Crippen LogP contribution in [0, 0.1) is 5.82 Å². The lowest BCUT2D eigenvalue weighted by Gasteiger charge is -2.00. The molecule has 2 heterocycles. The van der Waals surface area contributed by atoms with Crippen LogP contribution in [0.25, 0.3) is 16.0 Å². The lowest BCUT2D eigenvalue weighted by Crippen LogP contribution is -1.95. The third-order valence-electron chi connectivity index (χ3n) is 2.51. The predicted molar refractivity (Wildman–Crippen MR) is 67.9 cm³/mol. The molecule has 5 nitrogen and oxygen atoms in total.